The predicted molar refractivity (Wildman–Crippen MR) is 83.7 cm³/mol. The van der Waals surface area contributed by atoms with Crippen LogP contribution in [0.3, 0.4) is 0 Å². The normalized spacial score (nSPS) is 19.5. The Morgan fingerprint density at radius 1 is 1.10 bits per heavy atom. The van der Waals surface area contributed by atoms with Gasteiger partial charge in [0.05, 0.1) is 10.1 Å². The van der Waals surface area contributed by atoms with Crippen molar-refractivity contribution in [1.29, 1.82) is 0 Å². The zero-order valence-corrected chi connectivity index (χ0v) is 14.7. The Labute approximate surface area is 134 Å². The number of thiophene rings is 1. The molecule has 0 radical (unpaired) electrons. The number of nitrogens with zero attached hydrogens (tertiary/aromatic N) is 2. The molecule has 6 nitrogen and oxygen atoms in total. The highest BCUT2D eigenvalue weighted by Gasteiger charge is 2.30. The van der Waals surface area contributed by atoms with Crippen LogP contribution in [0.25, 0.3) is 0 Å². The summed E-state index contributed by atoms with van der Waals surface area (Å²) in [5, 5.41) is 0. The second-order valence-electron chi connectivity index (χ2n) is 4.62. The molecule has 0 N–H and O–H groups in total. The van der Waals surface area contributed by atoms with Crippen molar-refractivity contribution >= 4 is 43.0 Å². The largest absolute Gasteiger partial charge is 0.252 e. The van der Waals surface area contributed by atoms with Gasteiger partial charge in [0, 0.05) is 26.2 Å². The van der Waals surface area contributed by atoms with Crippen molar-refractivity contribution in [3.8, 4) is 0 Å². The molecule has 0 spiro atoms. The van der Waals surface area contributed by atoms with Crippen molar-refractivity contribution in [2.75, 3.05) is 31.9 Å². The second-order valence-corrected chi connectivity index (χ2v) is 10.8. The Morgan fingerprint density at radius 2 is 1.71 bits per heavy atom. The van der Waals surface area contributed by atoms with Gasteiger partial charge in [-0.3, -0.25) is 0 Å². The van der Waals surface area contributed by atoms with Gasteiger partial charge in [-0.15, -0.1) is 11.3 Å². The van der Waals surface area contributed by atoms with E-state index >= 15 is 0 Å². The molecule has 1 saturated heterocycles. The molecule has 2 heterocycles. The highest BCUT2D eigenvalue weighted by molar-refractivity contribution is 7.91. The molecule has 1 aliphatic heterocycles. The Morgan fingerprint density at radius 3 is 2.29 bits per heavy atom. The molecule has 1 aromatic heterocycles. The van der Waals surface area contributed by atoms with Crippen molar-refractivity contribution in [2.45, 2.75) is 17.6 Å². The van der Waals surface area contributed by atoms with Crippen LogP contribution in [-0.2, 0) is 20.0 Å². The zero-order chi connectivity index (χ0) is 15.7. The maximum Gasteiger partial charge on any atom is 0.252 e. The number of rotatable bonds is 4. The highest BCUT2D eigenvalue weighted by Crippen LogP contribution is 2.28. The van der Waals surface area contributed by atoms with E-state index in [0.717, 1.165) is 11.3 Å². The first kappa shape index (κ1) is 17.2. The van der Waals surface area contributed by atoms with Crippen LogP contribution in [0, 0.1) is 0 Å². The Bertz CT molecular complexity index is 699. The third kappa shape index (κ3) is 3.77. The van der Waals surface area contributed by atoms with E-state index in [1.807, 2.05) is 0 Å². The van der Waals surface area contributed by atoms with Gasteiger partial charge >= 0.3 is 0 Å². The second kappa shape index (κ2) is 6.51. The summed E-state index contributed by atoms with van der Waals surface area (Å²) < 4.78 is 52.0. The maximum atomic E-state index is 12.5. The summed E-state index contributed by atoms with van der Waals surface area (Å²) in [6.45, 7) is 2.61. The minimum Gasteiger partial charge on any atom is -0.212 e. The minimum atomic E-state index is -3.59. The van der Waals surface area contributed by atoms with Gasteiger partial charge in [-0.25, -0.2) is 21.1 Å². The van der Waals surface area contributed by atoms with Crippen molar-refractivity contribution < 1.29 is 16.8 Å². The van der Waals surface area contributed by atoms with Crippen LogP contribution < -0.4 is 0 Å². The molecule has 0 bridgehead atoms. The lowest BCUT2D eigenvalue weighted by Gasteiger charge is -2.20. The molecule has 0 aromatic carbocycles. The first-order valence-electron chi connectivity index (χ1n) is 6.50. The van der Waals surface area contributed by atoms with Crippen LogP contribution in [0.4, 0.5) is 0 Å². The first-order chi connectivity index (χ1) is 9.77. The molecule has 0 amide bonds. The van der Waals surface area contributed by atoms with E-state index in [9.17, 15) is 16.8 Å². The summed E-state index contributed by atoms with van der Waals surface area (Å²) in [4.78, 5) is 0. The monoisotopic (exact) mass is 372 g/mol. The minimum absolute atomic E-state index is 0.0281. The van der Waals surface area contributed by atoms with Crippen molar-refractivity contribution in [2.24, 2.45) is 0 Å². The SMILES string of the molecule is CCS(=O)(=O)N1CCCN(S(=O)(=O)c2ccc(Cl)s2)CC1. The van der Waals surface area contributed by atoms with Crippen molar-refractivity contribution in [1.82, 2.24) is 8.61 Å². The van der Waals surface area contributed by atoms with Crippen LogP contribution in [0.2, 0.25) is 4.34 Å². The van der Waals surface area contributed by atoms with Crippen LogP contribution in [0.5, 0.6) is 0 Å². The number of hydrogen-bond acceptors (Lipinski definition) is 5. The van der Waals surface area contributed by atoms with Gasteiger partial charge in [0.1, 0.15) is 4.21 Å². The lowest BCUT2D eigenvalue weighted by atomic mass is 10.4. The summed E-state index contributed by atoms with van der Waals surface area (Å²) in [5.74, 6) is 0.0281. The van der Waals surface area contributed by atoms with Gasteiger partial charge in [0.15, 0.2) is 0 Å². The molecule has 0 unspecified atom stereocenters. The van der Waals surface area contributed by atoms with Gasteiger partial charge in [-0.1, -0.05) is 11.6 Å². The third-order valence-corrected chi connectivity index (χ3v) is 8.79. The molecular weight excluding hydrogens is 356 g/mol. The average Bonchev–Trinajstić information content (AvgIpc) is 2.72. The third-order valence-electron chi connectivity index (χ3n) is 3.31. The fourth-order valence-corrected chi connectivity index (χ4v) is 6.37. The zero-order valence-electron chi connectivity index (χ0n) is 11.5. The van der Waals surface area contributed by atoms with Crippen molar-refractivity contribution in [3.63, 3.8) is 0 Å². The van der Waals surface area contributed by atoms with Gasteiger partial charge in [0.25, 0.3) is 10.0 Å². The molecule has 1 aliphatic rings. The molecule has 1 aromatic rings. The molecule has 1 fully saturated rings. The van der Waals surface area contributed by atoms with E-state index in [1.54, 1.807) is 13.0 Å². The van der Waals surface area contributed by atoms with Gasteiger partial charge in [-0.2, -0.15) is 4.31 Å². The van der Waals surface area contributed by atoms with Crippen molar-refractivity contribution in [3.05, 3.63) is 16.5 Å². The average molecular weight is 373 g/mol. The van der Waals surface area contributed by atoms with E-state index in [2.05, 4.69) is 0 Å². The number of sulfonamides is 2. The predicted octanol–water partition coefficient (Wildman–Crippen LogP) is 1.45. The Balaban J connectivity index is 2.17. The van der Waals surface area contributed by atoms with Crippen LogP contribution >= 0.6 is 22.9 Å². The lowest BCUT2D eigenvalue weighted by molar-refractivity contribution is 0.405. The summed E-state index contributed by atoms with van der Waals surface area (Å²) in [6.07, 6.45) is 0.484. The van der Waals surface area contributed by atoms with Gasteiger partial charge in [-0.05, 0) is 25.5 Å². The summed E-state index contributed by atoms with van der Waals surface area (Å²) in [5.41, 5.74) is 0. The molecule has 2 rings (SSSR count). The summed E-state index contributed by atoms with van der Waals surface area (Å²) in [6, 6.07) is 3.03. The molecule has 21 heavy (non-hydrogen) atoms. The van der Waals surface area contributed by atoms with E-state index in [0.29, 0.717) is 23.8 Å². The van der Waals surface area contributed by atoms with E-state index < -0.39 is 20.0 Å². The molecule has 10 heteroatoms. The maximum absolute atomic E-state index is 12.5. The first-order valence-corrected chi connectivity index (χ1v) is 10.7. The number of hydrogen-bond donors (Lipinski definition) is 0. The lowest BCUT2D eigenvalue weighted by Crippen LogP contribution is -2.37. The van der Waals surface area contributed by atoms with Gasteiger partial charge in [0.2, 0.25) is 10.0 Å². The van der Waals surface area contributed by atoms with Crippen LogP contribution in [0.1, 0.15) is 13.3 Å². The fraction of sp³-hybridized carbons (Fsp3) is 0.636. The number of halogens is 1. The highest BCUT2D eigenvalue weighted by atomic mass is 35.5. The van der Waals surface area contributed by atoms with Crippen LogP contribution in [0.15, 0.2) is 16.3 Å². The summed E-state index contributed by atoms with van der Waals surface area (Å²) in [7, 11) is -6.87. The molecule has 0 aliphatic carbocycles. The molecule has 120 valence electrons. The molecule has 0 saturated carbocycles. The quantitative estimate of drug-likeness (QED) is 0.801. The molecule has 0 atom stereocenters. The van der Waals surface area contributed by atoms with Crippen LogP contribution in [-0.4, -0.2) is 57.4 Å². The van der Waals surface area contributed by atoms with E-state index in [4.69, 9.17) is 11.6 Å². The van der Waals surface area contributed by atoms with E-state index in [1.165, 1.54) is 14.7 Å². The Hall–Kier alpha value is -0.190. The Kier molecular flexibility index (Phi) is 5.32. The fourth-order valence-electron chi connectivity index (χ4n) is 2.13. The smallest absolute Gasteiger partial charge is 0.212 e. The molecular formula is C11H17ClN2O4S3. The van der Waals surface area contributed by atoms with E-state index in [-0.39, 0.29) is 23.1 Å². The standard InChI is InChI=1S/C11H17ClN2O4S3/c1-2-20(15,16)13-6-3-7-14(9-8-13)21(17,18)11-5-4-10(12)19-11/h4-5H,2-3,6-9H2,1H3. The topological polar surface area (TPSA) is 74.8 Å². The summed E-state index contributed by atoms with van der Waals surface area (Å²) >= 11 is 6.80. The van der Waals surface area contributed by atoms with Gasteiger partial charge < -0.3 is 0 Å².